The third kappa shape index (κ3) is 4.09. The van der Waals surface area contributed by atoms with Crippen molar-refractivity contribution in [3.05, 3.63) is 59.2 Å². The fraction of sp³-hybridized carbons (Fsp3) is 0.375. The molecule has 29 heavy (non-hydrogen) atoms. The summed E-state index contributed by atoms with van der Waals surface area (Å²) in [6, 6.07) is 11.9. The van der Waals surface area contributed by atoms with Gasteiger partial charge in [-0.2, -0.15) is 0 Å². The molecule has 5 heteroatoms. The largest absolute Gasteiger partial charge is 0.483 e. The van der Waals surface area contributed by atoms with Crippen LogP contribution in [0.2, 0.25) is 0 Å². The van der Waals surface area contributed by atoms with Crippen LogP contribution in [0.15, 0.2) is 42.5 Å². The number of nitrogens with one attached hydrogen (secondary N) is 1. The summed E-state index contributed by atoms with van der Waals surface area (Å²) in [6.07, 6.45) is 1.93. The second kappa shape index (κ2) is 7.47. The lowest BCUT2D eigenvalue weighted by Crippen LogP contribution is -2.27. The van der Waals surface area contributed by atoms with E-state index in [0.717, 1.165) is 35.5 Å². The van der Waals surface area contributed by atoms with E-state index < -0.39 is 6.10 Å². The van der Waals surface area contributed by atoms with Gasteiger partial charge in [0.15, 0.2) is 23.4 Å². The maximum Gasteiger partial charge on any atom is 0.231 e. The zero-order chi connectivity index (χ0) is 20.6. The molecule has 0 saturated heterocycles. The van der Waals surface area contributed by atoms with Crippen molar-refractivity contribution >= 4 is 11.5 Å². The van der Waals surface area contributed by atoms with E-state index in [0.29, 0.717) is 11.5 Å². The van der Waals surface area contributed by atoms with Gasteiger partial charge in [0.1, 0.15) is 5.75 Å². The number of rotatable bonds is 4. The molecule has 0 radical (unpaired) electrons. The molecule has 4 rings (SSSR count). The third-order valence-electron chi connectivity index (χ3n) is 5.32. The van der Waals surface area contributed by atoms with Crippen LogP contribution in [0.1, 0.15) is 44.4 Å². The second-order valence-corrected chi connectivity index (χ2v) is 8.53. The Labute approximate surface area is 171 Å². The lowest BCUT2D eigenvalue weighted by Gasteiger charge is -2.22. The van der Waals surface area contributed by atoms with Gasteiger partial charge < -0.3 is 19.5 Å². The fourth-order valence-electron chi connectivity index (χ4n) is 3.55. The lowest BCUT2D eigenvalue weighted by molar-refractivity contribution is -0.120. The van der Waals surface area contributed by atoms with Gasteiger partial charge in [0, 0.05) is 23.9 Å². The molecular weight excluding hydrogens is 366 g/mol. The number of ketones is 1. The second-order valence-electron chi connectivity index (χ2n) is 8.53. The summed E-state index contributed by atoms with van der Waals surface area (Å²) in [6.45, 7) is 9.30. The normalized spacial score (nSPS) is 17.4. The number of benzene rings is 2. The first-order chi connectivity index (χ1) is 13.8. The highest BCUT2D eigenvalue weighted by Crippen LogP contribution is 2.38. The molecular formula is C24H27NO4. The van der Waals surface area contributed by atoms with Crippen molar-refractivity contribution in [3.63, 3.8) is 0 Å². The topological polar surface area (TPSA) is 56.8 Å². The standard InChI is InChI=1S/C24H27NO4/c1-15(29-18-7-5-17(6-8-18)24(2,3)4)21(26)13-20-19-12-23-22(27-14-28-23)11-16(19)9-10-25-20/h5-8,11-13,15,25H,9-10,14H2,1-4H3/b20-13-/t15-/m0/s1. The Morgan fingerprint density at radius 2 is 1.83 bits per heavy atom. The Morgan fingerprint density at radius 1 is 1.14 bits per heavy atom. The minimum Gasteiger partial charge on any atom is -0.483 e. The minimum absolute atomic E-state index is 0.0827. The van der Waals surface area contributed by atoms with Crippen molar-refractivity contribution in [2.45, 2.75) is 45.6 Å². The van der Waals surface area contributed by atoms with Gasteiger partial charge in [-0.3, -0.25) is 4.79 Å². The van der Waals surface area contributed by atoms with Crippen LogP contribution < -0.4 is 19.5 Å². The van der Waals surface area contributed by atoms with E-state index >= 15 is 0 Å². The van der Waals surface area contributed by atoms with Gasteiger partial charge in [-0.05, 0) is 54.2 Å². The van der Waals surface area contributed by atoms with Crippen LogP contribution in [0.5, 0.6) is 17.2 Å². The zero-order valence-electron chi connectivity index (χ0n) is 17.4. The Morgan fingerprint density at radius 3 is 2.52 bits per heavy atom. The van der Waals surface area contributed by atoms with Crippen LogP contribution in [0, 0.1) is 0 Å². The fourth-order valence-corrected chi connectivity index (χ4v) is 3.55. The number of hydrogen-bond acceptors (Lipinski definition) is 5. The molecule has 2 aliphatic heterocycles. The Bertz CT molecular complexity index is 954. The Hall–Kier alpha value is -2.95. The number of carbonyl (C=O) groups is 1. The van der Waals surface area contributed by atoms with Crippen molar-refractivity contribution in [1.29, 1.82) is 0 Å². The summed E-state index contributed by atoms with van der Waals surface area (Å²) < 4.78 is 16.8. The van der Waals surface area contributed by atoms with Crippen LogP contribution in [-0.2, 0) is 16.6 Å². The molecule has 0 aromatic heterocycles. The Balaban J connectivity index is 1.50. The first-order valence-corrected chi connectivity index (χ1v) is 10.0. The summed E-state index contributed by atoms with van der Waals surface area (Å²) in [5, 5.41) is 3.33. The summed E-state index contributed by atoms with van der Waals surface area (Å²) >= 11 is 0. The monoisotopic (exact) mass is 393 g/mol. The van der Waals surface area contributed by atoms with Crippen molar-refractivity contribution in [1.82, 2.24) is 5.32 Å². The first kappa shape index (κ1) is 19.4. The van der Waals surface area contributed by atoms with Crippen LogP contribution in [0.25, 0.3) is 5.70 Å². The maximum atomic E-state index is 12.8. The highest BCUT2D eigenvalue weighted by atomic mass is 16.7. The van der Waals surface area contributed by atoms with E-state index in [-0.39, 0.29) is 18.0 Å². The SMILES string of the molecule is C[C@H](Oc1ccc(C(C)(C)C)cc1)C(=O)/C=C1\NCCc2cc3c(cc21)OCO3. The van der Waals surface area contributed by atoms with Gasteiger partial charge in [-0.15, -0.1) is 0 Å². The third-order valence-corrected chi connectivity index (χ3v) is 5.32. The predicted octanol–water partition coefficient (Wildman–Crippen LogP) is 4.24. The molecule has 2 aromatic rings. The summed E-state index contributed by atoms with van der Waals surface area (Å²) in [4.78, 5) is 12.8. The average molecular weight is 393 g/mol. The molecule has 1 N–H and O–H groups in total. The van der Waals surface area contributed by atoms with Gasteiger partial charge >= 0.3 is 0 Å². The summed E-state index contributed by atoms with van der Waals surface area (Å²) in [7, 11) is 0. The molecule has 0 bridgehead atoms. The quantitative estimate of drug-likeness (QED) is 0.788. The van der Waals surface area contributed by atoms with E-state index in [4.69, 9.17) is 14.2 Å². The molecule has 2 heterocycles. The molecule has 0 saturated carbocycles. The molecule has 0 fully saturated rings. The van der Waals surface area contributed by atoms with E-state index in [1.54, 1.807) is 13.0 Å². The number of carbonyl (C=O) groups excluding carboxylic acids is 1. The van der Waals surface area contributed by atoms with Gasteiger partial charge in [-0.1, -0.05) is 32.9 Å². The van der Waals surface area contributed by atoms with Crippen molar-refractivity contribution in [2.24, 2.45) is 0 Å². The number of hydrogen-bond donors (Lipinski definition) is 1. The van der Waals surface area contributed by atoms with Gasteiger partial charge in [-0.25, -0.2) is 0 Å². The predicted molar refractivity (Wildman–Crippen MR) is 112 cm³/mol. The van der Waals surface area contributed by atoms with Gasteiger partial charge in [0.25, 0.3) is 0 Å². The van der Waals surface area contributed by atoms with Gasteiger partial charge in [0.2, 0.25) is 6.79 Å². The molecule has 0 spiro atoms. The van der Waals surface area contributed by atoms with Gasteiger partial charge in [0.05, 0.1) is 0 Å². The minimum atomic E-state index is -0.579. The highest BCUT2D eigenvalue weighted by molar-refractivity contribution is 6.00. The Kier molecular flexibility index (Phi) is 4.99. The molecule has 152 valence electrons. The molecule has 2 aliphatic rings. The summed E-state index contributed by atoms with van der Waals surface area (Å²) in [5.74, 6) is 2.09. The molecule has 1 atom stereocenters. The van der Waals surface area contributed by atoms with Crippen molar-refractivity contribution < 1.29 is 19.0 Å². The molecule has 5 nitrogen and oxygen atoms in total. The zero-order valence-corrected chi connectivity index (χ0v) is 17.4. The average Bonchev–Trinajstić information content (AvgIpc) is 3.13. The van der Waals surface area contributed by atoms with Crippen LogP contribution in [0.3, 0.4) is 0 Å². The molecule has 2 aromatic carbocycles. The number of ether oxygens (including phenoxy) is 3. The van der Waals surface area contributed by atoms with E-state index in [1.807, 2.05) is 36.4 Å². The lowest BCUT2D eigenvalue weighted by atomic mass is 9.87. The van der Waals surface area contributed by atoms with E-state index in [9.17, 15) is 4.79 Å². The van der Waals surface area contributed by atoms with Crippen molar-refractivity contribution in [3.8, 4) is 17.2 Å². The molecule has 0 aliphatic carbocycles. The maximum absolute atomic E-state index is 12.8. The molecule has 0 amide bonds. The van der Waals surface area contributed by atoms with E-state index in [1.165, 1.54) is 5.56 Å². The smallest absolute Gasteiger partial charge is 0.231 e. The summed E-state index contributed by atoms with van der Waals surface area (Å²) in [5.41, 5.74) is 4.24. The van der Waals surface area contributed by atoms with E-state index in [2.05, 4.69) is 26.1 Å². The highest BCUT2D eigenvalue weighted by Gasteiger charge is 2.23. The van der Waals surface area contributed by atoms with Crippen LogP contribution in [-0.4, -0.2) is 25.2 Å². The van der Waals surface area contributed by atoms with Crippen LogP contribution in [0.4, 0.5) is 0 Å². The van der Waals surface area contributed by atoms with Crippen LogP contribution >= 0.6 is 0 Å². The molecule has 0 unspecified atom stereocenters. The first-order valence-electron chi connectivity index (χ1n) is 10.0. The van der Waals surface area contributed by atoms with Crippen molar-refractivity contribution in [2.75, 3.05) is 13.3 Å². The number of fused-ring (bicyclic) bond motifs is 2.